The van der Waals surface area contributed by atoms with E-state index < -0.39 is 15.6 Å². The predicted octanol–water partition coefficient (Wildman–Crippen LogP) is 4.10. The van der Waals surface area contributed by atoms with E-state index in [1.807, 2.05) is 46.8 Å². The lowest BCUT2D eigenvalue weighted by atomic mass is 9.82. The Balaban J connectivity index is 3.19. The van der Waals surface area contributed by atoms with Crippen molar-refractivity contribution < 1.29 is 8.42 Å². The third-order valence-corrected chi connectivity index (χ3v) is 5.26. The van der Waals surface area contributed by atoms with Crippen molar-refractivity contribution in [3.63, 3.8) is 0 Å². The molecule has 1 aromatic rings. The fraction of sp³-hybridized carbons (Fsp3) is 0.647. The third kappa shape index (κ3) is 5.11. The van der Waals surface area contributed by atoms with Gasteiger partial charge < -0.3 is 0 Å². The molecule has 0 aliphatic heterocycles. The van der Waals surface area contributed by atoms with Gasteiger partial charge in [-0.15, -0.1) is 0 Å². The molecular weight excluding hydrogens is 282 g/mol. The van der Waals surface area contributed by atoms with Crippen molar-refractivity contribution in [3.05, 3.63) is 28.8 Å². The minimum Gasteiger partial charge on any atom is -0.207 e. The Labute approximate surface area is 130 Å². The van der Waals surface area contributed by atoms with E-state index in [0.29, 0.717) is 4.90 Å². The fourth-order valence-electron chi connectivity index (χ4n) is 3.37. The first-order chi connectivity index (χ1) is 9.23. The van der Waals surface area contributed by atoms with Gasteiger partial charge in [0.15, 0.2) is 0 Å². The van der Waals surface area contributed by atoms with Gasteiger partial charge in [0.2, 0.25) is 10.0 Å². The molecule has 0 atom stereocenters. The van der Waals surface area contributed by atoms with Crippen LogP contribution < -0.4 is 4.72 Å². The first-order valence-corrected chi connectivity index (χ1v) is 8.84. The molecule has 0 radical (unpaired) electrons. The summed E-state index contributed by atoms with van der Waals surface area (Å²) in [5, 5.41) is 0. The van der Waals surface area contributed by atoms with Gasteiger partial charge >= 0.3 is 0 Å². The van der Waals surface area contributed by atoms with Crippen LogP contribution in [0.3, 0.4) is 0 Å². The minimum atomic E-state index is -3.52. The number of sulfonamides is 1. The molecule has 0 saturated heterocycles. The molecule has 3 nitrogen and oxygen atoms in total. The van der Waals surface area contributed by atoms with Crippen molar-refractivity contribution in [1.82, 2.24) is 4.72 Å². The van der Waals surface area contributed by atoms with Crippen LogP contribution in [0.2, 0.25) is 0 Å². The Morgan fingerprint density at radius 1 is 0.952 bits per heavy atom. The van der Waals surface area contributed by atoms with Gasteiger partial charge in [0.05, 0.1) is 4.90 Å². The molecule has 1 N–H and O–H groups in total. The number of aryl methyl sites for hydroxylation is 3. The molecular formula is C17H29NO2S. The van der Waals surface area contributed by atoms with Crippen LogP contribution in [0.25, 0.3) is 0 Å². The fourth-order valence-corrected chi connectivity index (χ4v) is 5.23. The summed E-state index contributed by atoms with van der Waals surface area (Å²) >= 11 is 0. The van der Waals surface area contributed by atoms with Crippen LogP contribution in [0, 0.1) is 26.2 Å². The van der Waals surface area contributed by atoms with Gasteiger partial charge in [0.1, 0.15) is 0 Å². The summed E-state index contributed by atoms with van der Waals surface area (Å²) in [6.45, 7) is 15.9. The monoisotopic (exact) mass is 311 g/mol. The van der Waals surface area contributed by atoms with Crippen LogP contribution in [0.15, 0.2) is 17.0 Å². The van der Waals surface area contributed by atoms with E-state index >= 15 is 0 Å². The molecule has 21 heavy (non-hydrogen) atoms. The van der Waals surface area contributed by atoms with E-state index in [9.17, 15) is 8.42 Å². The molecule has 1 rings (SSSR count). The summed E-state index contributed by atoms with van der Waals surface area (Å²) in [7, 11) is -3.52. The van der Waals surface area contributed by atoms with Gasteiger partial charge in [0, 0.05) is 5.54 Å². The molecule has 0 unspecified atom stereocenters. The second-order valence-electron chi connectivity index (χ2n) is 7.95. The summed E-state index contributed by atoms with van der Waals surface area (Å²) in [5.41, 5.74) is 2.25. The van der Waals surface area contributed by atoms with Crippen molar-refractivity contribution in [1.29, 1.82) is 0 Å². The zero-order chi connectivity index (χ0) is 16.6. The molecule has 0 fully saturated rings. The first-order valence-electron chi connectivity index (χ1n) is 7.35. The maximum Gasteiger partial charge on any atom is 0.241 e. The second kappa shape index (κ2) is 5.73. The van der Waals surface area contributed by atoms with E-state index in [4.69, 9.17) is 0 Å². The molecule has 0 bridgehead atoms. The van der Waals surface area contributed by atoms with E-state index in [2.05, 4.69) is 25.5 Å². The lowest BCUT2D eigenvalue weighted by Crippen LogP contribution is -2.46. The highest BCUT2D eigenvalue weighted by Gasteiger charge is 2.31. The molecule has 0 aliphatic rings. The zero-order valence-corrected chi connectivity index (χ0v) is 15.4. The van der Waals surface area contributed by atoms with Gasteiger partial charge in [-0.1, -0.05) is 38.5 Å². The molecule has 0 aliphatic carbocycles. The third-order valence-electron chi connectivity index (χ3n) is 3.26. The Hall–Kier alpha value is -0.870. The lowest BCUT2D eigenvalue weighted by Gasteiger charge is -2.33. The van der Waals surface area contributed by atoms with E-state index in [1.165, 1.54) is 0 Å². The molecule has 0 heterocycles. The summed E-state index contributed by atoms with van der Waals surface area (Å²) in [4.78, 5) is 0.412. The van der Waals surface area contributed by atoms with Gasteiger partial charge in [-0.2, -0.15) is 0 Å². The normalized spacial score (nSPS) is 13.5. The van der Waals surface area contributed by atoms with Gasteiger partial charge in [-0.3, -0.25) is 0 Å². The maximum atomic E-state index is 12.8. The van der Waals surface area contributed by atoms with Gasteiger partial charge in [-0.05, 0) is 57.6 Å². The molecule has 4 heteroatoms. The van der Waals surface area contributed by atoms with Crippen LogP contribution in [0.5, 0.6) is 0 Å². The first kappa shape index (κ1) is 18.2. The standard InChI is InChI=1S/C17H29NO2S/c1-12-9-13(2)15(14(3)10-12)21(19,20)18-17(7,8)11-16(4,5)6/h9-10,18H,11H2,1-8H3. The Bertz CT molecular complexity index is 600. The number of hydrogen-bond donors (Lipinski definition) is 1. The van der Waals surface area contributed by atoms with Crippen molar-refractivity contribution in [2.45, 2.75) is 72.2 Å². The average molecular weight is 311 g/mol. The molecule has 0 amide bonds. The Morgan fingerprint density at radius 2 is 1.38 bits per heavy atom. The predicted molar refractivity (Wildman–Crippen MR) is 89.1 cm³/mol. The maximum absolute atomic E-state index is 12.8. The van der Waals surface area contributed by atoms with Crippen LogP contribution in [0.1, 0.15) is 57.7 Å². The number of benzene rings is 1. The van der Waals surface area contributed by atoms with E-state index in [1.54, 1.807) is 0 Å². The number of nitrogens with one attached hydrogen (secondary N) is 1. The summed E-state index contributed by atoms with van der Waals surface area (Å²) in [6.07, 6.45) is 0.767. The van der Waals surface area contributed by atoms with Crippen molar-refractivity contribution in [2.24, 2.45) is 5.41 Å². The van der Waals surface area contributed by atoms with E-state index in [0.717, 1.165) is 23.1 Å². The smallest absolute Gasteiger partial charge is 0.207 e. The topological polar surface area (TPSA) is 46.2 Å². The quantitative estimate of drug-likeness (QED) is 0.909. The van der Waals surface area contributed by atoms with Crippen molar-refractivity contribution >= 4 is 10.0 Å². The molecule has 0 aromatic heterocycles. The van der Waals surface area contributed by atoms with Crippen LogP contribution >= 0.6 is 0 Å². The lowest BCUT2D eigenvalue weighted by molar-refractivity contribution is 0.269. The SMILES string of the molecule is Cc1cc(C)c(S(=O)(=O)NC(C)(C)CC(C)(C)C)c(C)c1. The summed E-state index contributed by atoms with van der Waals surface area (Å²) < 4.78 is 28.4. The number of rotatable bonds is 4. The number of hydrogen-bond acceptors (Lipinski definition) is 2. The largest absolute Gasteiger partial charge is 0.241 e. The zero-order valence-electron chi connectivity index (χ0n) is 14.6. The summed E-state index contributed by atoms with van der Waals surface area (Å²) in [5.74, 6) is 0. The molecule has 1 aromatic carbocycles. The van der Waals surface area contributed by atoms with Crippen molar-refractivity contribution in [2.75, 3.05) is 0 Å². The van der Waals surface area contributed by atoms with Crippen LogP contribution in [0.4, 0.5) is 0 Å². The summed E-state index contributed by atoms with van der Waals surface area (Å²) in [6, 6.07) is 3.83. The highest BCUT2D eigenvalue weighted by atomic mass is 32.2. The van der Waals surface area contributed by atoms with Gasteiger partial charge in [-0.25, -0.2) is 13.1 Å². The second-order valence-corrected chi connectivity index (χ2v) is 9.57. The highest BCUT2D eigenvalue weighted by molar-refractivity contribution is 7.89. The Kier molecular flexibility index (Phi) is 4.96. The van der Waals surface area contributed by atoms with Gasteiger partial charge in [0.25, 0.3) is 0 Å². The Morgan fingerprint density at radius 3 is 1.76 bits per heavy atom. The van der Waals surface area contributed by atoms with Crippen LogP contribution in [-0.2, 0) is 10.0 Å². The molecule has 0 saturated carbocycles. The van der Waals surface area contributed by atoms with Crippen molar-refractivity contribution in [3.8, 4) is 0 Å². The molecule has 120 valence electrons. The van der Waals surface area contributed by atoms with E-state index in [-0.39, 0.29) is 5.41 Å². The highest BCUT2D eigenvalue weighted by Crippen LogP contribution is 2.29. The molecule has 0 spiro atoms. The minimum absolute atomic E-state index is 0.0589. The average Bonchev–Trinajstić information content (AvgIpc) is 2.06. The van der Waals surface area contributed by atoms with Crippen LogP contribution in [-0.4, -0.2) is 14.0 Å².